The first-order valence-corrected chi connectivity index (χ1v) is 12.4. The van der Waals surface area contributed by atoms with Crippen molar-refractivity contribution in [3.05, 3.63) is 101 Å². The number of rotatable bonds is 8. The summed E-state index contributed by atoms with van der Waals surface area (Å²) in [4.78, 5) is 31.5. The number of benzene rings is 3. The van der Waals surface area contributed by atoms with Gasteiger partial charge in [-0.3, -0.25) is 4.79 Å². The van der Waals surface area contributed by atoms with E-state index in [0.29, 0.717) is 13.1 Å². The number of carbonyl (C=O) groups is 2. The third kappa shape index (κ3) is 5.29. The molecular weight excluding hydrogens is 442 g/mol. The Morgan fingerprint density at radius 2 is 1.62 bits per heavy atom. The molecule has 6 heteroatoms. The Bertz CT molecular complexity index is 1260. The van der Waals surface area contributed by atoms with E-state index in [0.717, 1.165) is 39.7 Å². The van der Waals surface area contributed by atoms with Crippen molar-refractivity contribution >= 4 is 39.7 Å². The molecule has 4 aromatic rings. The van der Waals surface area contributed by atoms with Crippen LogP contribution in [0.4, 0.5) is 10.5 Å². The highest BCUT2D eigenvalue weighted by atomic mass is 32.1. The van der Waals surface area contributed by atoms with E-state index in [4.69, 9.17) is 0 Å². The average Bonchev–Trinajstić information content (AvgIpc) is 3.58. The van der Waals surface area contributed by atoms with Crippen LogP contribution in [0.5, 0.6) is 0 Å². The molecule has 1 aliphatic carbocycles. The Morgan fingerprint density at radius 3 is 2.38 bits per heavy atom. The van der Waals surface area contributed by atoms with Crippen molar-refractivity contribution in [1.82, 2.24) is 9.80 Å². The highest BCUT2D eigenvalue weighted by Crippen LogP contribution is 2.29. The number of thiophene rings is 1. The zero-order chi connectivity index (χ0) is 23.3. The van der Waals surface area contributed by atoms with Gasteiger partial charge in [-0.25, -0.2) is 4.79 Å². The number of hydrogen-bond acceptors (Lipinski definition) is 3. The lowest BCUT2D eigenvalue weighted by molar-refractivity contribution is -0.133. The number of amides is 3. The number of hydrogen-bond donors (Lipinski definition) is 1. The van der Waals surface area contributed by atoms with Crippen molar-refractivity contribution in [3.63, 3.8) is 0 Å². The van der Waals surface area contributed by atoms with Crippen molar-refractivity contribution in [2.45, 2.75) is 32.0 Å². The number of anilines is 1. The second-order valence-corrected chi connectivity index (χ2v) is 9.66. The fraction of sp³-hybridized carbons (Fsp3) is 0.214. The maximum atomic E-state index is 13.5. The van der Waals surface area contributed by atoms with E-state index in [1.807, 2.05) is 95.2 Å². The van der Waals surface area contributed by atoms with Gasteiger partial charge in [0.1, 0.15) is 6.54 Å². The lowest BCUT2D eigenvalue weighted by Gasteiger charge is -2.28. The van der Waals surface area contributed by atoms with Crippen molar-refractivity contribution in [2.24, 2.45) is 0 Å². The molecule has 3 amide bonds. The summed E-state index contributed by atoms with van der Waals surface area (Å²) in [6.07, 6.45) is 1.86. The molecule has 1 heterocycles. The van der Waals surface area contributed by atoms with E-state index in [9.17, 15) is 9.59 Å². The molecule has 0 radical (unpaired) electrons. The van der Waals surface area contributed by atoms with Gasteiger partial charge in [0.05, 0.1) is 12.2 Å². The van der Waals surface area contributed by atoms with E-state index in [-0.39, 0.29) is 24.5 Å². The van der Waals surface area contributed by atoms with Crippen LogP contribution in [-0.4, -0.2) is 34.3 Å². The van der Waals surface area contributed by atoms with Crippen LogP contribution >= 0.6 is 11.3 Å². The number of nitrogens with zero attached hydrogens (tertiary/aromatic N) is 2. The number of urea groups is 1. The summed E-state index contributed by atoms with van der Waals surface area (Å²) in [6, 6.07) is 27.8. The number of nitrogens with one attached hydrogen (secondary N) is 1. The summed E-state index contributed by atoms with van der Waals surface area (Å²) in [5, 5.41) is 7.15. The van der Waals surface area contributed by atoms with Crippen LogP contribution in [0.3, 0.4) is 0 Å². The van der Waals surface area contributed by atoms with Gasteiger partial charge in [-0.1, -0.05) is 72.8 Å². The minimum Gasteiger partial charge on any atom is -0.332 e. The standard InChI is InChI=1S/C28H27N3O2S/c32-27(30(19-24-12-7-17-34-24)18-21-8-2-1-3-9-21)20-31(23-15-16-23)28(33)29-26-14-6-11-22-10-4-5-13-25(22)26/h1-14,17,23H,15-16,18-20H2,(H,29,33). The highest BCUT2D eigenvalue weighted by Gasteiger charge is 2.35. The lowest BCUT2D eigenvalue weighted by Crippen LogP contribution is -2.45. The maximum absolute atomic E-state index is 13.5. The molecule has 1 fully saturated rings. The molecule has 0 spiro atoms. The van der Waals surface area contributed by atoms with Crippen LogP contribution in [0, 0.1) is 0 Å². The SMILES string of the molecule is O=C(CN(C(=O)Nc1cccc2ccccc12)C1CC1)N(Cc1ccccc1)Cc1cccs1. The molecule has 1 aromatic heterocycles. The predicted molar refractivity (Wildman–Crippen MR) is 138 cm³/mol. The molecule has 34 heavy (non-hydrogen) atoms. The van der Waals surface area contributed by atoms with Crippen LogP contribution in [0.15, 0.2) is 90.3 Å². The van der Waals surface area contributed by atoms with Gasteiger partial charge in [0.25, 0.3) is 0 Å². The Morgan fingerprint density at radius 1 is 0.853 bits per heavy atom. The Balaban J connectivity index is 1.33. The first-order valence-electron chi connectivity index (χ1n) is 11.6. The molecular formula is C28H27N3O2S. The fourth-order valence-electron chi connectivity index (χ4n) is 4.15. The van der Waals surface area contributed by atoms with Gasteiger partial charge in [-0.15, -0.1) is 11.3 Å². The Hall–Kier alpha value is -3.64. The summed E-state index contributed by atoms with van der Waals surface area (Å²) in [5.74, 6) is -0.0442. The summed E-state index contributed by atoms with van der Waals surface area (Å²) in [6.45, 7) is 1.12. The molecule has 1 saturated carbocycles. The van der Waals surface area contributed by atoms with Gasteiger partial charge in [-0.2, -0.15) is 0 Å². The minimum atomic E-state index is -0.219. The maximum Gasteiger partial charge on any atom is 0.322 e. The third-order valence-corrected chi connectivity index (χ3v) is 6.94. The second-order valence-electron chi connectivity index (χ2n) is 8.63. The second kappa shape index (κ2) is 10.1. The normalized spacial score (nSPS) is 12.9. The quantitative estimate of drug-likeness (QED) is 0.338. The molecule has 1 N–H and O–H groups in total. The zero-order valence-electron chi connectivity index (χ0n) is 18.9. The number of carbonyl (C=O) groups excluding carboxylic acids is 2. The smallest absolute Gasteiger partial charge is 0.322 e. The van der Waals surface area contributed by atoms with Gasteiger partial charge in [0, 0.05) is 22.8 Å². The van der Waals surface area contributed by atoms with Gasteiger partial charge in [-0.05, 0) is 41.3 Å². The van der Waals surface area contributed by atoms with Crippen LogP contribution < -0.4 is 5.32 Å². The van der Waals surface area contributed by atoms with Crippen molar-refractivity contribution in [2.75, 3.05) is 11.9 Å². The summed E-state index contributed by atoms with van der Waals surface area (Å²) < 4.78 is 0. The van der Waals surface area contributed by atoms with Crippen LogP contribution in [0.1, 0.15) is 23.3 Å². The van der Waals surface area contributed by atoms with Crippen LogP contribution in [0.25, 0.3) is 10.8 Å². The van der Waals surface area contributed by atoms with E-state index in [2.05, 4.69) is 5.32 Å². The Labute approximate surface area is 203 Å². The summed E-state index contributed by atoms with van der Waals surface area (Å²) in [7, 11) is 0. The first kappa shape index (κ1) is 22.2. The van der Waals surface area contributed by atoms with Gasteiger partial charge < -0.3 is 15.1 Å². The lowest BCUT2D eigenvalue weighted by atomic mass is 10.1. The first-order chi connectivity index (χ1) is 16.7. The van der Waals surface area contributed by atoms with Crippen molar-refractivity contribution in [3.8, 4) is 0 Å². The third-order valence-electron chi connectivity index (χ3n) is 6.08. The van der Waals surface area contributed by atoms with E-state index in [1.165, 1.54) is 0 Å². The van der Waals surface area contributed by atoms with Crippen LogP contribution in [0.2, 0.25) is 0 Å². The van der Waals surface area contributed by atoms with Crippen molar-refractivity contribution < 1.29 is 9.59 Å². The monoisotopic (exact) mass is 469 g/mol. The molecule has 5 rings (SSSR count). The molecule has 172 valence electrons. The molecule has 1 aliphatic rings. The van der Waals surface area contributed by atoms with Crippen LogP contribution in [-0.2, 0) is 17.9 Å². The minimum absolute atomic E-state index is 0.0442. The average molecular weight is 470 g/mol. The molecule has 5 nitrogen and oxygen atoms in total. The van der Waals surface area contributed by atoms with Gasteiger partial charge in [0.2, 0.25) is 5.91 Å². The van der Waals surface area contributed by atoms with E-state index in [1.54, 1.807) is 16.2 Å². The molecule has 3 aromatic carbocycles. The van der Waals surface area contributed by atoms with E-state index >= 15 is 0 Å². The zero-order valence-corrected chi connectivity index (χ0v) is 19.7. The van der Waals surface area contributed by atoms with Gasteiger partial charge >= 0.3 is 6.03 Å². The van der Waals surface area contributed by atoms with Crippen molar-refractivity contribution in [1.29, 1.82) is 0 Å². The topological polar surface area (TPSA) is 52.7 Å². The summed E-state index contributed by atoms with van der Waals surface area (Å²) in [5.41, 5.74) is 1.84. The summed E-state index contributed by atoms with van der Waals surface area (Å²) >= 11 is 1.64. The highest BCUT2D eigenvalue weighted by molar-refractivity contribution is 7.09. The molecule has 0 aliphatic heterocycles. The number of fused-ring (bicyclic) bond motifs is 1. The molecule has 0 bridgehead atoms. The van der Waals surface area contributed by atoms with E-state index < -0.39 is 0 Å². The van der Waals surface area contributed by atoms with Gasteiger partial charge in [0.15, 0.2) is 0 Å². The largest absolute Gasteiger partial charge is 0.332 e. The molecule has 0 saturated heterocycles. The molecule has 0 unspecified atom stereocenters. The predicted octanol–water partition coefficient (Wildman–Crippen LogP) is 6.13. The fourth-order valence-corrected chi connectivity index (χ4v) is 4.87. The Kier molecular flexibility index (Phi) is 6.58. The molecule has 0 atom stereocenters.